The van der Waals surface area contributed by atoms with Crippen molar-refractivity contribution in [3.05, 3.63) is 47.7 Å². The van der Waals surface area contributed by atoms with E-state index in [-0.39, 0.29) is 10.8 Å². The van der Waals surface area contributed by atoms with Crippen molar-refractivity contribution in [3.8, 4) is 0 Å². The Kier molecular flexibility index (Phi) is 4.11. The summed E-state index contributed by atoms with van der Waals surface area (Å²) in [5.74, 6) is 0.156. The molecule has 2 N–H and O–H groups in total. The number of hydrogen-bond donors (Lipinski definition) is 2. The highest BCUT2D eigenvalue weighted by atomic mass is 32.2. The lowest BCUT2D eigenvalue weighted by Crippen LogP contribution is -2.27. The van der Waals surface area contributed by atoms with Gasteiger partial charge in [-0.1, -0.05) is 29.4 Å². The van der Waals surface area contributed by atoms with Gasteiger partial charge in [0.1, 0.15) is 0 Å². The molecular formula is C19H21N3O3S. The molecule has 1 heterocycles. The van der Waals surface area contributed by atoms with E-state index < -0.39 is 10.0 Å². The normalized spacial score (nSPS) is 15.0. The molecule has 1 aromatic heterocycles. The Bertz CT molecular complexity index is 1070. The van der Waals surface area contributed by atoms with Crippen LogP contribution < -0.4 is 10.0 Å². The summed E-state index contributed by atoms with van der Waals surface area (Å²) in [6.45, 7) is 3.54. The molecule has 0 bridgehead atoms. The number of aromatic nitrogens is 1. The van der Waals surface area contributed by atoms with Crippen LogP contribution in [0.5, 0.6) is 0 Å². The van der Waals surface area contributed by atoms with Gasteiger partial charge in [-0.05, 0) is 45.2 Å². The Labute approximate surface area is 152 Å². The van der Waals surface area contributed by atoms with Crippen molar-refractivity contribution < 1.29 is 12.9 Å². The summed E-state index contributed by atoms with van der Waals surface area (Å²) in [5, 5.41) is 8.90. The van der Waals surface area contributed by atoms with Gasteiger partial charge in [-0.25, -0.2) is 13.1 Å². The van der Waals surface area contributed by atoms with E-state index in [1.807, 2.05) is 24.3 Å². The number of nitrogens with one attached hydrogen (secondary N) is 2. The molecule has 136 valence electrons. The first-order chi connectivity index (χ1) is 12.5. The van der Waals surface area contributed by atoms with Crippen LogP contribution in [0.4, 0.5) is 11.6 Å². The second-order valence-corrected chi connectivity index (χ2v) is 8.41. The molecule has 0 aliphatic heterocycles. The molecule has 0 amide bonds. The highest BCUT2D eigenvalue weighted by Crippen LogP contribution is 2.32. The standard InChI is InChI=1S/C19H21N3O3S/c1-12-13(2)21-25-19(12)22-26(23,24)18-11-5-8-15-16(18)9-4-10-17(15)20-14-6-3-7-14/h4-5,8-11,14,20,22H,3,6-7H2,1-2H3. The van der Waals surface area contributed by atoms with Gasteiger partial charge in [-0.3, -0.25) is 0 Å². The summed E-state index contributed by atoms with van der Waals surface area (Å²) < 4.78 is 33.5. The second-order valence-electron chi connectivity index (χ2n) is 6.76. The van der Waals surface area contributed by atoms with E-state index in [9.17, 15) is 8.42 Å². The third-order valence-electron chi connectivity index (χ3n) is 5.02. The summed E-state index contributed by atoms with van der Waals surface area (Å²) in [4.78, 5) is 0.223. The van der Waals surface area contributed by atoms with Crippen molar-refractivity contribution in [3.63, 3.8) is 0 Å². The Morgan fingerprint density at radius 1 is 1.08 bits per heavy atom. The van der Waals surface area contributed by atoms with Crippen LogP contribution in [-0.4, -0.2) is 19.6 Å². The van der Waals surface area contributed by atoms with E-state index in [1.54, 1.807) is 26.0 Å². The minimum absolute atomic E-state index is 0.156. The third kappa shape index (κ3) is 2.92. The predicted molar refractivity (Wildman–Crippen MR) is 102 cm³/mol. The minimum atomic E-state index is -3.80. The zero-order valence-corrected chi connectivity index (χ0v) is 15.6. The molecular weight excluding hydrogens is 350 g/mol. The second kappa shape index (κ2) is 6.32. The lowest BCUT2D eigenvalue weighted by atomic mass is 9.92. The maximum atomic E-state index is 13.0. The fourth-order valence-electron chi connectivity index (χ4n) is 3.10. The number of benzene rings is 2. The topological polar surface area (TPSA) is 84.2 Å². The average molecular weight is 371 g/mol. The zero-order valence-electron chi connectivity index (χ0n) is 14.7. The SMILES string of the molecule is Cc1noc(NS(=O)(=O)c2cccc3c(NC4CCC4)cccc23)c1C. The van der Waals surface area contributed by atoms with Gasteiger partial charge in [0.2, 0.25) is 5.88 Å². The van der Waals surface area contributed by atoms with Crippen molar-refractivity contribution >= 4 is 32.4 Å². The Morgan fingerprint density at radius 2 is 1.81 bits per heavy atom. The van der Waals surface area contributed by atoms with Crippen LogP contribution in [0.15, 0.2) is 45.8 Å². The Hall–Kier alpha value is -2.54. The maximum Gasteiger partial charge on any atom is 0.264 e. The van der Waals surface area contributed by atoms with Gasteiger partial charge in [0.05, 0.1) is 10.6 Å². The van der Waals surface area contributed by atoms with Crippen LogP contribution in [0.1, 0.15) is 30.5 Å². The molecule has 7 heteroatoms. The van der Waals surface area contributed by atoms with Crippen molar-refractivity contribution in [2.24, 2.45) is 0 Å². The monoisotopic (exact) mass is 371 g/mol. The number of sulfonamides is 1. The van der Waals surface area contributed by atoms with Crippen molar-refractivity contribution in [1.82, 2.24) is 5.16 Å². The lowest BCUT2D eigenvalue weighted by Gasteiger charge is -2.28. The van der Waals surface area contributed by atoms with Crippen LogP contribution in [0, 0.1) is 13.8 Å². The molecule has 2 aromatic carbocycles. The number of fused-ring (bicyclic) bond motifs is 1. The Morgan fingerprint density at radius 3 is 2.46 bits per heavy atom. The van der Waals surface area contributed by atoms with Gasteiger partial charge in [0.25, 0.3) is 10.0 Å². The van der Waals surface area contributed by atoms with Crippen LogP contribution in [0.25, 0.3) is 10.8 Å². The molecule has 1 saturated carbocycles. The first-order valence-electron chi connectivity index (χ1n) is 8.70. The van der Waals surface area contributed by atoms with Crippen LogP contribution in [0.3, 0.4) is 0 Å². The number of anilines is 2. The number of rotatable bonds is 5. The predicted octanol–water partition coefficient (Wildman–Crippen LogP) is 4.21. The molecule has 6 nitrogen and oxygen atoms in total. The van der Waals surface area contributed by atoms with Gasteiger partial charge < -0.3 is 9.84 Å². The van der Waals surface area contributed by atoms with Crippen LogP contribution in [0.2, 0.25) is 0 Å². The van der Waals surface area contributed by atoms with Crippen molar-refractivity contribution in [2.75, 3.05) is 10.0 Å². The van der Waals surface area contributed by atoms with Crippen molar-refractivity contribution in [1.29, 1.82) is 0 Å². The number of hydrogen-bond acceptors (Lipinski definition) is 5. The van der Waals surface area contributed by atoms with E-state index >= 15 is 0 Å². The molecule has 1 fully saturated rings. The summed E-state index contributed by atoms with van der Waals surface area (Å²) in [7, 11) is -3.80. The van der Waals surface area contributed by atoms with Gasteiger partial charge in [0.15, 0.2) is 0 Å². The Balaban J connectivity index is 1.75. The molecule has 4 rings (SSSR count). The summed E-state index contributed by atoms with van der Waals surface area (Å²) in [6.07, 6.45) is 3.54. The summed E-state index contributed by atoms with van der Waals surface area (Å²) in [5.41, 5.74) is 2.31. The average Bonchev–Trinajstić information content (AvgIpc) is 2.89. The smallest absolute Gasteiger partial charge is 0.264 e. The quantitative estimate of drug-likeness (QED) is 0.702. The van der Waals surface area contributed by atoms with Gasteiger partial charge >= 0.3 is 0 Å². The highest BCUT2D eigenvalue weighted by molar-refractivity contribution is 7.93. The summed E-state index contributed by atoms with van der Waals surface area (Å²) in [6, 6.07) is 11.5. The highest BCUT2D eigenvalue weighted by Gasteiger charge is 2.23. The van der Waals surface area contributed by atoms with E-state index in [1.165, 1.54) is 6.42 Å². The van der Waals surface area contributed by atoms with Gasteiger partial charge in [-0.15, -0.1) is 0 Å². The molecule has 26 heavy (non-hydrogen) atoms. The maximum absolute atomic E-state index is 13.0. The molecule has 3 aromatic rings. The molecule has 0 spiro atoms. The summed E-state index contributed by atoms with van der Waals surface area (Å²) >= 11 is 0. The molecule has 0 unspecified atom stereocenters. The first kappa shape index (κ1) is 16.9. The fraction of sp³-hybridized carbons (Fsp3) is 0.316. The molecule has 0 radical (unpaired) electrons. The molecule has 1 aliphatic carbocycles. The van der Waals surface area contributed by atoms with E-state index in [4.69, 9.17) is 4.52 Å². The van der Waals surface area contributed by atoms with Gasteiger partial charge in [-0.2, -0.15) is 0 Å². The first-order valence-corrected chi connectivity index (χ1v) is 10.2. The minimum Gasteiger partial charge on any atom is -0.382 e. The van der Waals surface area contributed by atoms with E-state index in [2.05, 4.69) is 15.2 Å². The fourth-order valence-corrected chi connectivity index (χ4v) is 4.37. The molecule has 1 aliphatic rings. The molecule has 0 atom stereocenters. The number of aryl methyl sites for hydroxylation is 1. The largest absolute Gasteiger partial charge is 0.382 e. The zero-order chi connectivity index (χ0) is 18.3. The number of nitrogens with zero attached hydrogens (tertiary/aromatic N) is 1. The van der Waals surface area contributed by atoms with Crippen LogP contribution in [-0.2, 0) is 10.0 Å². The van der Waals surface area contributed by atoms with Crippen LogP contribution >= 0.6 is 0 Å². The van der Waals surface area contributed by atoms with Gasteiger partial charge in [0, 0.05) is 28.1 Å². The van der Waals surface area contributed by atoms with Crippen molar-refractivity contribution in [2.45, 2.75) is 44.0 Å². The van der Waals surface area contributed by atoms with E-state index in [0.717, 1.165) is 23.9 Å². The van der Waals surface area contributed by atoms with E-state index in [0.29, 0.717) is 22.7 Å². The third-order valence-corrected chi connectivity index (χ3v) is 6.41. The lowest BCUT2D eigenvalue weighted by molar-refractivity contribution is 0.430. The molecule has 0 saturated heterocycles.